The Hall–Kier alpha value is -3.35. The maximum absolute atomic E-state index is 13.6. The van der Waals surface area contributed by atoms with Gasteiger partial charge in [0.1, 0.15) is 6.04 Å². The minimum atomic E-state index is -0.713. The highest BCUT2D eigenvalue weighted by Crippen LogP contribution is 2.44. The molecule has 3 heterocycles. The topological polar surface area (TPSA) is 89.4 Å². The average Bonchev–Trinajstić information content (AvgIpc) is 3.47. The number of carbonyl (C=O) groups excluding carboxylic acids is 2. The zero-order valence-electron chi connectivity index (χ0n) is 20.8. The van der Waals surface area contributed by atoms with Crippen LogP contribution in [-0.4, -0.2) is 29.3 Å². The molecule has 37 heavy (non-hydrogen) atoms. The van der Waals surface area contributed by atoms with Gasteiger partial charge in [-0.3, -0.25) is 9.59 Å². The summed E-state index contributed by atoms with van der Waals surface area (Å²) in [5.41, 5.74) is 8.92. The van der Waals surface area contributed by atoms with Crippen molar-refractivity contribution in [3.8, 4) is 22.4 Å². The normalized spacial score (nSPS) is 15.9. The lowest BCUT2D eigenvalue weighted by Crippen LogP contribution is -2.41. The van der Waals surface area contributed by atoms with Crippen molar-refractivity contribution < 1.29 is 14.0 Å². The third-order valence-corrected chi connectivity index (χ3v) is 7.28. The minimum Gasteiger partial charge on any atom is -0.432 e. The summed E-state index contributed by atoms with van der Waals surface area (Å²) in [6.45, 7) is 6.09. The van der Waals surface area contributed by atoms with Crippen LogP contribution in [0.4, 0.5) is 5.69 Å². The van der Waals surface area contributed by atoms with Gasteiger partial charge in [0.2, 0.25) is 17.4 Å². The number of furan rings is 1. The van der Waals surface area contributed by atoms with Gasteiger partial charge >= 0.3 is 0 Å². The largest absolute Gasteiger partial charge is 0.432 e. The molecular weight excluding hydrogens is 509 g/mol. The number of pyridine rings is 1. The summed E-state index contributed by atoms with van der Waals surface area (Å²) < 4.78 is 6.22. The van der Waals surface area contributed by atoms with E-state index in [-0.39, 0.29) is 11.5 Å². The molecule has 4 aromatic rings. The van der Waals surface area contributed by atoms with Crippen LogP contribution in [0.1, 0.15) is 44.2 Å². The van der Waals surface area contributed by atoms with E-state index in [0.29, 0.717) is 45.5 Å². The molecule has 2 aromatic carbocycles. The molecule has 6 nitrogen and oxygen atoms in total. The van der Waals surface area contributed by atoms with E-state index in [4.69, 9.17) is 38.3 Å². The Bertz CT molecular complexity index is 1520. The van der Waals surface area contributed by atoms with Crippen molar-refractivity contribution in [2.75, 3.05) is 11.4 Å². The summed E-state index contributed by atoms with van der Waals surface area (Å²) >= 11 is 12.8. The number of aromatic nitrogens is 1. The average molecular weight is 536 g/mol. The summed E-state index contributed by atoms with van der Waals surface area (Å²) in [6, 6.07) is 16.3. The number of benzene rings is 2. The smallest absolute Gasteiger partial charge is 0.240 e. The summed E-state index contributed by atoms with van der Waals surface area (Å²) in [4.78, 5) is 32.7. The molecule has 0 saturated carbocycles. The van der Waals surface area contributed by atoms with E-state index in [1.54, 1.807) is 6.07 Å². The molecule has 1 saturated heterocycles. The number of rotatable bonds is 5. The van der Waals surface area contributed by atoms with Crippen LogP contribution in [0.2, 0.25) is 10.0 Å². The molecule has 0 spiro atoms. The summed E-state index contributed by atoms with van der Waals surface area (Å²) in [6.07, 6.45) is 1.39. The predicted molar refractivity (Wildman–Crippen MR) is 148 cm³/mol. The third-order valence-electron chi connectivity index (χ3n) is 6.70. The molecular formula is C29H27Cl2N3O3. The Balaban J connectivity index is 1.85. The fourth-order valence-electron chi connectivity index (χ4n) is 4.83. The van der Waals surface area contributed by atoms with E-state index < -0.39 is 17.4 Å². The van der Waals surface area contributed by atoms with Gasteiger partial charge in [0, 0.05) is 33.1 Å². The molecule has 0 bridgehead atoms. The first-order valence-corrected chi connectivity index (χ1v) is 12.9. The number of Topliss-reactive ketones (excluding diaryl/α,β-unsaturated/α-hetero) is 1. The number of amides is 1. The van der Waals surface area contributed by atoms with Gasteiger partial charge in [-0.15, -0.1) is 0 Å². The number of halogens is 2. The SMILES string of the molecule is CC(C)(C)C(=O)c1oc2nc(-c3ccccc3Cl)c(-c3ccc(Cl)cc3)cc2c1N1CCC[C@H]1C(N)=O. The van der Waals surface area contributed by atoms with Crippen LogP contribution in [0.15, 0.2) is 59.0 Å². The number of nitrogens with two attached hydrogens (primary N) is 1. The van der Waals surface area contributed by atoms with Crippen molar-refractivity contribution in [3.63, 3.8) is 0 Å². The number of nitrogens with zero attached hydrogens (tertiary/aromatic N) is 2. The molecule has 190 valence electrons. The van der Waals surface area contributed by atoms with Crippen molar-refractivity contribution >= 4 is 51.7 Å². The Morgan fingerprint density at radius 1 is 1.05 bits per heavy atom. The Morgan fingerprint density at radius 2 is 1.76 bits per heavy atom. The van der Waals surface area contributed by atoms with Crippen LogP contribution in [0.5, 0.6) is 0 Å². The van der Waals surface area contributed by atoms with E-state index in [9.17, 15) is 9.59 Å². The molecule has 1 amide bonds. The fourth-order valence-corrected chi connectivity index (χ4v) is 5.18. The molecule has 8 heteroatoms. The Labute approximate surface area is 225 Å². The van der Waals surface area contributed by atoms with Gasteiger partial charge in [-0.05, 0) is 42.7 Å². The lowest BCUT2D eigenvalue weighted by molar-refractivity contribution is -0.119. The van der Waals surface area contributed by atoms with Crippen LogP contribution in [0.3, 0.4) is 0 Å². The van der Waals surface area contributed by atoms with Gasteiger partial charge in [0.15, 0.2) is 5.76 Å². The Kier molecular flexibility index (Phi) is 6.50. The second kappa shape index (κ2) is 9.51. The van der Waals surface area contributed by atoms with Crippen molar-refractivity contribution in [1.29, 1.82) is 0 Å². The number of carbonyl (C=O) groups is 2. The van der Waals surface area contributed by atoms with E-state index in [0.717, 1.165) is 23.1 Å². The van der Waals surface area contributed by atoms with Crippen molar-refractivity contribution in [2.24, 2.45) is 11.1 Å². The highest BCUT2D eigenvalue weighted by atomic mass is 35.5. The summed E-state index contributed by atoms with van der Waals surface area (Å²) in [5, 5.41) is 1.79. The molecule has 1 fully saturated rings. The van der Waals surface area contributed by atoms with Gasteiger partial charge in [-0.1, -0.05) is 74.3 Å². The second-order valence-corrected chi connectivity index (χ2v) is 11.2. The van der Waals surface area contributed by atoms with Gasteiger partial charge in [0.25, 0.3) is 0 Å². The highest BCUT2D eigenvalue weighted by Gasteiger charge is 2.38. The number of anilines is 1. The summed E-state index contributed by atoms with van der Waals surface area (Å²) in [7, 11) is 0. The zero-order valence-corrected chi connectivity index (χ0v) is 22.4. The van der Waals surface area contributed by atoms with E-state index in [1.165, 1.54) is 0 Å². The highest BCUT2D eigenvalue weighted by molar-refractivity contribution is 6.33. The second-order valence-electron chi connectivity index (χ2n) is 10.3. The molecule has 5 rings (SSSR count). The predicted octanol–water partition coefficient (Wildman–Crippen LogP) is 7.15. The molecule has 1 atom stereocenters. The summed E-state index contributed by atoms with van der Waals surface area (Å²) in [5.74, 6) is -0.427. The first-order chi connectivity index (χ1) is 17.6. The Morgan fingerprint density at radius 3 is 2.41 bits per heavy atom. The van der Waals surface area contributed by atoms with Crippen molar-refractivity contribution in [3.05, 3.63) is 70.4 Å². The molecule has 0 unspecified atom stereocenters. The van der Waals surface area contributed by atoms with Crippen LogP contribution >= 0.6 is 23.2 Å². The number of fused-ring (bicyclic) bond motifs is 1. The third kappa shape index (κ3) is 4.60. The molecule has 0 radical (unpaired) electrons. The first kappa shape index (κ1) is 25.3. The lowest BCUT2D eigenvalue weighted by Gasteiger charge is -2.25. The van der Waals surface area contributed by atoms with Gasteiger partial charge in [-0.25, -0.2) is 4.98 Å². The maximum Gasteiger partial charge on any atom is 0.240 e. The monoisotopic (exact) mass is 535 g/mol. The molecule has 2 aromatic heterocycles. The lowest BCUT2D eigenvalue weighted by atomic mass is 9.88. The number of hydrogen-bond acceptors (Lipinski definition) is 5. The van der Waals surface area contributed by atoms with E-state index >= 15 is 0 Å². The maximum atomic E-state index is 13.6. The first-order valence-electron chi connectivity index (χ1n) is 12.2. The van der Waals surface area contributed by atoms with Crippen LogP contribution in [0.25, 0.3) is 33.5 Å². The van der Waals surface area contributed by atoms with Crippen LogP contribution in [0, 0.1) is 5.41 Å². The minimum absolute atomic E-state index is 0.178. The molecule has 2 N–H and O–H groups in total. The standard InChI is InChI=1S/C29H27Cl2N3O3/c1-29(2,3)26(35)25-24(34-14-6-9-22(34)27(32)36)20-15-19(16-10-12-17(30)13-11-16)23(33-28(20)37-25)18-7-4-5-8-21(18)31/h4-5,7-8,10-13,15,22H,6,9,14H2,1-3H3,(H2,32,36)/t22-/m0/s1. The van der Waals surface area contributed by atoms with Crippen molar-refractivity contribution in [2.45, 2.75) is 39.7 Å². The van der Waals surface area contributed by atoms with Crippen molar-refractivity contribution in [1.82, 2.24) is 4.98 Å². The van der Waals surface area contributed by atoms with Gasteiger partial charge < -0.3 is 15.1 Å². The number of ketones is 1. The fraction of sp³-hybridized carbons (Fsp3) is 0.276. The molecule has 0 aliphatic carbocycles. The number of primary amides is 1. The number of hydrogen-bond donors (Lipinski definition) is 1. The quantitative estimate of drug-likeness (QED) is 0.274. The van der Waals surface area contributed by atoms with Crippen LogP contribution < -0.4 is 10.6 Å². The van der Waals surface area contributed by atoms with Crippen LogP contribution in [-0.2, 0) is 4.79 Å². The van der Waals surface area contributed by atoms with E-state index in [1.807, 2.05) is 74.2 Å². The van der Waals surface area contributed by atoms with Gasteiger partial charge in [-0.2, -0.15) is 0 Å². The van der Waals surface area contributed by atoms with E-state index in [2.05, 4.69) is 0 Å². The molecule has 1 aliphatic heterocycles. The zero-order chi connectivity index (χ0) is 26.5. The molecule has 1 aliphatic rings. The van der Waals surface area contributed by atoms with Gasteiger partial charge in [0.05, 0.1) is 16.8 Å².